The van der Waals surface area contributed by atoms with E-state index >= 15 is 0 Å². The summed E-state index contributed by atoms with van der Waals surface area (Å²) in [6.45, 7) is 4.09. The average Bonchev–Trinajstić information content (AvgIpc) is 2.97. The van der Waals surface area contributed by atoms with Crippen LogP contribution in [0.25, 0.3) is 4.96 Å². The second kappa shape index (κ2) is 7.87. The molecule has 0 saturated carbocycles. The number of hydrogen-bond donors (Lipinski definition) is 1. The molecule has 2 aromatic rings. The highest BCUT2D eigenvalue weighted by molar-refractivity contribution is 7.15. The average molecular weight is 358 g/mol. The summed E-state index contributed by atoms with van der Waals surface area (Å²) in [7, 11) is 1.78. The molecular formula is C14H20ClN5O2S. The number of nitrogens with one attached hydrogen (secondary N) is 1. The van der Waals surface area contributed by atoms with E-state index in [1.807, 2.05) is 10.3 Å². The lowest BCUT2D eigenvalue weighted by Gasteiger charge is -2.34. The monoisotopic (exact) mass is 357 g/mol. The van der Waals surface area contributed by atoms with Crippen LogP contribution >= 0.6 is 23.7 Å². The van der Waals surface area contributed by atoms with Crippen molar-refractivity contribution >= 4 is 34.6 Å². The van der Waals surface area contributed by atoms with Gasteiger partial charge in [-0.25, -0.2) is 4.98 Å². The summed E-state index contributed by atoms with van der Waals surface area (Å²) in [5.41, 5.74) is 0.756. The van der Waals surface area contributed by atoms with Gasteiger partial charge in [0.2, 0.25) is 5.91 Å². The van der Waals surface area contributed by atoms with Crippen molar-refractivity contribution < 1.29 is 4.79 Å². The molecule has 7 nitrogen and oxygen atoms in total. The minimum Gasteiger partial charge on any atom is -0.339 e. The van der Waals surface area contributed by atoms with Crippen molar-refractivity contribution in [1.29, 1.82) is 0 Å². The lowest BCUT2D eigenvalue weighted by Crippen LogP contribution is -2.50. The van der Waals surface area contributed by atoms with E-state index in [4.69, 9.17) is 0 Å². The van der Waals surface area contributed by atoms with Gasteiger partial charge in [0.05, 0.1) is 12.2 Å². The zero-order valence-corrected chi connectivity index (χ0v) is 14.5. The Hall–Kier alpha value is -1.48. The SMILES string of the molecule is CNCC(=O)N1CCN(Cc2cc(=O)n3ccsc3n2)CC1.Cl. The Kier molecular flexibility index (Phi) is 6.11. The minimum atomic E-state index is -0.0379. The fraction of sp³-hybridized carbons (Fsp3) is 0.500. The smallest absolute Gasteiger partial charge is 0.258 e. The fourth-order valence-corrected chi connectivity index (χ4v) is 3.35. The molecule has 1 saturated heterocycles. The fourth-order valence-electron chi connectivity index (χ4n) is 2.62. The van der Waals surface area contributed by atoms with E-state index in [0.29, 0.717) is 13.1 Å². The molecule has 0 spiro atoms. The van der Waals surface area contributed by atoms with E-state index in [0.717, 1.165) is 36.8 Å². The molecule has 3 rings (SSSR count). The quantitative estimate of drug-likeness (QED) is 0.836. The van der Waals surface area contributed by atoms with E-state index in [1.54, 1.807) is 23.7 Å². The van der Waals surface area contributed by atoms with Crippen LogP contribution in [0.4, 0.5) is 0 Å². The molecular weight excluding hydrogens is 338 g/mol. The van der Waals surface area contributed by atoms with Gasteiger partial charge in [-0.15, -0.1) is 23.7 Å². The van der Waals surface area contributed by atoms with Crippen molar-refractivity contribution in [3.05, 3.63) is 33.7 Å². The molecule has 2 aromatic heterocycles. The summed E-state index contributed by atoms with van der Waals surface area (Å²) < 4.78 is 1.56. The van der Waals surface area contributed by atoms with E-state index < -0.39 is 0 Å². The number of amides is 1. The van der Waals surface area contributed by atoms with Crippen LogP contribution in [0.5, 0.6) is 0 Å². The van der Waals surface area contributed by atoms with Gasteiger partial charge in [0, 0.05) is 50.4 Å². The summed E-state index contributed by atoms with van der Waals surface area (Å²) in [6.07, 6.45) is 1.74. The molecule has 0 unspecified atom stereocenters. The zero-order chi connectivity index (χ0) is 15.5. The maximum Gasteiger partial charge on any atom is 0.258 e. The maximum absolute atomic E-state index is 12.0. The lowest BCUT2D eigenvalue weighted by molar-refractivity contribution is -0.131. The van der Waals surface area contributed by atoms with Crippen molar-refractivity contribution in [1.82, 2.24) is 24.5 Å². The van der Waals surface area contributed by atoms with Gasteiger partial charge < -0.3 is 10.2 Å². The molecule has 1 aliphatic rings. The van der Waals surface area contributed by atoms with Gasteiger partial charge in [-0.05, 0) is 7.05 Å². The van der Waals surface area contributed by atoms with Gasteiger partial charge in [0.1, 0.15) is 0 Å². The van der Waals surface area contributed by atoms with Crippen LogP contribution in [-0.2, 0) is 11.3 Å². The third kappa shape index (κ3) is 4.08. The van der Waals surface area contributed by atoms with E-state index in [-0.39, 0.29) is 23.9 Å². The number of thiazole rings is 1. The summed E-state index contributed by atoms with van der Waals surface area (Å²) in [6, 6.07) is 1.60. The van der Waals surface area contributed by atoms with Gasteiger partial charge in [-0.2, -0.15) is 0 Å². The van der Waals surface area contributed by atoms with Crippen LogP contribution in [0, 0.1) is 0 Å². The molecule has 9 heteroatoms. The van der Waals surface area contributed by atoms with E-state index in [1.165, 1.54) is 11.3 Å². The number of piperazine rings is 1. The first-order valence-corrected chi connectivity index (χ1v) is 8.16. The number of carbonyl (C=O) groups excluding carboxylic acids is 1. The number of carbonyl (C=O) groups is 1. The number of fused-ring (bicyclic) bond motifs is 1. The Morgan fingerprint density at radius 2 is 2.09 bits per heavy atom. The van der Waals surface area contributed by atoms with Crippen LogP contribution in [0.3, 0.4) is 0 Å². The third-order valence-electron chi connectivity index (χ3n) is 3.79. The van der Waals surface area contributed by atoms with Crippen molar-refractivity contribution in [2.75, 3.05) is 39.8 Å². The molecule has 0 atom stereocenters. The Bertz CT molecular complexity index is 723. The molecule has 1 fully saturated rings. The predicted molar refractivity (Wildman–Crippen MR) is 92.4 cm³/mol. The standard InChI is InChI=1S/C14H19N5O2S.ClH/c1-15-9-13(21)18-4-2-17(3-5-18)10-11-8-12(20)19-6-7-22-14(19)16-11;/h6-8,15H,2-5,9-10H2,1H3;1H. The largest absolute Gasteiger partial charge is 0.339 e. The highest BCUT2D eigenvalue weighted by Gasteiger charge is 2.21. The summed E-state index contributed by atoms with van der Waals surface area (Å²) in [4.78, 5) is 33.1. The van der Waals surface area contributed by atoms with Crippen molar-refractivity contribution in [2.45, 2.75) is 6.54 Å². The lowest BCUT2D eigenvalue weighted by atomic mass is 10.2. The molecule has 126 valence electrons. The highest BCUT2D eigenvalue weighted by atomic mass is 35.5. The second-order valence-electron chi connectivity index (χ2n) is 5.33. The maximum atomic E-state index is 12.0. The molecule has 1 amide bonds. The van der Waals surface area contributed by atoms with Crippen LogP contribution in [-0.4, -0.2) is 64.9 Å². The van der Waals surface area contributed by atoms with Crippen LogP contribution < -0.4 is 10.9 Å². The number of likely N-dealkylation sites (N-methyl/N-ethyl adjacent to an activating group) is 1. The van der Waals surface area contributed by atoms with Gasteiger partial charge in [0.25, 0.3) is 5.56 Å². The molecule has 3 heterocycles. The Morgan fingerprint density at radius 1 is 1.35 bits per heavy atom. The summed E-state index contributed by atoms with van der Waals surface area (Å²) >= 11 is 1.46. The topological polar surface area (TPSA) is 70.0 Å². The Labute approximate surface area is 144 Å². The van der Waals surface area contributed by atoms with Crippen molar-refractivity contribution in [2.24, 2.45) is 0 Å². The van der Waals surface area contributed by atoms with E-state index in [9.17, 15) is 9.59 Å². The minimum absolute atomic E-state index is 0. The second-order valence-corrected chi connectivity index (χ2v) is 6.20. The van der Waals surface area contributed by atoms with Crippen LogP contribution in [0.2, 0.25) is 0 Å². The first-order valence-electron chi connectivity index (χ1n) is 7.28. The van der Waals surface area contributed by atoms with Crippen LogP contribution in [0.15, 0.2) is 22.4 Å². The number of aromatic nitrogens is 2. The molecule has 0 aliphatic carbocycles. The third-order valence-corrected chi connectivity index (χ3v) is 4.55. The van der Waals surface area contributed by atoms with Crippen molar-refractivity contribution in [3.8, 4) is 0 Å². The number of halogens is 1. The predicted octanol–water partition coefficient (Wildman–Crippen LogP) is 0.0414. The molecule has 1 N–H and O–H groups in total. The number of nitrogens with zero attached hydrogens (tertiary/aromatic N) is 4. The first kappa shape index (κ1) is 17.9. The number of rotatable bonds is 4. The molecule has 0 bridgehead atoms. The van der Waals surface area contributed by atoms with Gasteiger partial charge in [-0.1, -0.05) is 0 Å². The summed E-state index contributed by atoms with van der Waals surface area (Å²) in [5, 5.41) is 4.75. The van der Waals surface area contributed by atoms with E-state index in [2.05, 4.69) is 15.2 Å². The molecule has 1 aliphatic heterocycles. The van der Waals surface area contributed by atoms with Gasteiger partial charge >= 0.3 is 0 Å². The Morgan fingerprint density at radius 3 is 2.78 bits per heavy atom. The van der Waals surface area contributed by atoms with Gasteiger partial charge in [0.15, 0.2) is 4.96 Å². The van der Waals surface area contributed by atoms with Gasteiger partial charge in [-0.3, -0.25) is 18.9 Å². The first-order chi connectivity index (χ1) is 10.7. The normalized spacial score (nSPS) is 15.6. The molecule has 0 radical (unpaired) electrons. The Balaban J connectivity index is 0.00000192. The van der Waals surface area contributed by atoms with Crippen molar-refractivity contribution in [3.63, 3.8) is 0 Å². The number of hydrogen-bond acceptors (Lipinski definition) is 6. The zero-order valence-electron chi connectivity index (χ0n) is 12.9. The molecule has 0 aromatic carbocycles. The highest BCUT2D eigenvalue weighted by Crippen LogP contribution is 2.10. The molecule has 23 heavy (non-hydrogen) atoms. The summed E-state index contributed by atoms with van der Waals surface area (Å²) in [5.74, 6) is 0.138. The van der Waals surface area contributed by atoms with Crippen LogP contribution in [0.1, 0.15) is 5.69 Å².